The highest BCUT2D eigenvalue weighted by atomic mass is 79.9. The van der Waals surface area contributed by atoms with Gasteiger partial charge in [-0.1, -0.05) is 12.2 Å². The average molecular weight is 272 g/mol. The van der Waals surface area contributed by atoms with Crippen LogP contribution in [0.1, 0.15) is 5.56 Å². The van der Waals surface area contributed by atoms with Crippen molar-refractivity contribution in [1.82, 2.24) is 0 Å². The lowest BCUT2D eigenvalue weighted by molar-refractivity contribution is 0.389. The molecule has 82 valence electrons. The van der Waals surface area contributed by atoms with E-state index in [4.69, 9.17) is 15.2 Å². The quantitative estimate of drug-likeness (QED) is 0.915. The Bertz CT molecular complexity index is 364. The van der Waals surface area contributed by atoms with Crippen LogP contribution < -0.4 is 15.2 Å². The molecule has 0 aromatic heterocycles. The lowest BCUT2D eigenvalue weighted by Crippen LogP contribution is -1.94. The van der Waals surface area contributed by atoms with Crippen LogP contribution in [0, 0.1) is 0 Å². The Hall–Kier alpha value is -1.00. The summed E-state index contributed by atoms with van der Waals surface area (Å²) in [5.41, 5.74) is 6.37. The predicted molar refractivity (Wildman–Crippen MR) is 65.3 cm³/mol. The molecule has 0 bridgehead atoms. The van der Waals surface area contributed by atoms with Crippen molar-refractivity contribution >= 4 is 22.0 Å². The van der Waals surface area contributed by atoms with Gasteiger partial charge in [-0.2, -0.15) is 0 Å². The molecule has 0 aliphatic carbocycles. The SMILES string of the molecule is COc1ccc(/C=C/CN)c(OC)c1Br. The van der Waals surface area contributed by atoms with Crippen molar-refractivity contribution in [2.24, 2.45) is 5.73 Å². The second-order valence-corrected chi connectivity index (χ2v) is 3.64. The van der Waals surface area contributed by atoms with Gasteiger partial charge in [-0.15, -0.1) is 0 Å². The second kappa shape index (κ2) is 5.78. The third-order valence-electron chi connectivity index (χ3n) is 1.95. The van der Waals surface area contributed by atoms with Crippen LogP contribution >= 0.6 is 15.9 Å². The fourth-order valence-corrected chi connectivity index (χ4v) is 1.93. The largest absolute Gasteiger partial charge is 0.495 e. The van der Waals surface area contributed by atoms with Gasteiger partial charge in [0.15, 0.2) is 0 Å². The topological polar surface area (TPSA) is 44.5 Å². The minimum atomic E-state index is 0.507. The first kappa shape index (κ1) is 12.1. The molecule has 3 nitrogen and oxygen atoms in total. The molecule has 0 saturated heterocycles. The first-order chi connectivity index (χ1) is 7.24. The molecular formula is C11H14BrNO2. The van der Waals surface area contributed by atoms with Gasteiger partial charge in [0.25, 0.3) is 0 Å². The zero-order chi connectivity index (χ0) is 11.3. The van der Waals surface area contributed by atoms with Crippen molar-refractivity contribution in [3.8, 4) is 11.5 Å². The zero-order valence-corrected chi connectivity index (χ0v) is 10.4. The summed E-state index contributed by atoms with van der Waals surface area (Å²) in [6.07, 6.45) is 3.79. The van der Waals surface area contributed by atoms with Crippen LogP contribution in [0.3, 0.4) is 0 Å². The van der Waals surface area contributed by atoms with Gasteiger partial charge in [0.2, 0.25) is 0 Å². The molecule has 0 fully saturated rings. The molecule has 0 aliphatic heterocycles. The normalized spacial score (nSPS) is 10.7. The van der Waals surface area contributed by atoms with Crippen LogP contribution in [-0.2, 0) is 0 Å². The van der Waals surface area contributed by atoms with E-state index in [-0.39, 0.29) is 0 Å². The maximum Gasteiger partial charge on any atom is 0.144 e. The lowest BCUT2D eigenvalue weighted by Gasteiger charge is -2.10. The molecule has 0 heterocycles. The summed E-state index contributed by atoms with van der Waals surface area (Å²) in [6.45, 7) is 0.507. The summed E-state index contributed by atoms with van der Waals surface area (Å²) in [5.74, 6) is 1.50. The molecule has 15 heavy (non-hydrogen) atoms. The summed E-state index contributed by atoms with van der Waals surface area (Å²) in [7, 11) is 3.24. The maximum absolute atomic E-state index is 5.40. The van der Waals surface area contributed by atoms with Gasteiger partial charge in [0, 0.05) is 12.1 Å². The summed E-state index contributed by atoms with van der Waals surface area (Å²) in [4.78, 5) is 0. The number of rotatable bonds is 4. The second-order valence-electron chi connectivity index (χ2n) is 2.84. The van der Waals surface area contributed by atoms with Crippen LogP contribution in [0.25, 0.3) is 6.08 Å². The summed E-state index contributed by atoms with van der Waals surface area (Å²) >= 11 is 3.43. The third kappa shape index (κ3) is 2.73. The van der Waals surface area contributed by atoms with Crippen LogP contribution in [0.5, 0.6) is 11.5 Å². The lowest BCUT2D eigenvalue weighted by atomic mass is 10.1. The first-order valence-corrected chi connectivity index (χ1v) is 5.31. The Labute approximate surface area is 98.0 Å². The summed E-state index contributed by atoms with van der Waals surface area (Å²) in [5, 5.41) is 0. The highest BCUT2D eigenvalue weighted by Gasteiger charge is 2.10. The summed E-state index contributed by atoms with van der Waals surface area (Å²) < 4.78 is 11.3. The number of hydrogen-bond donors (Lipinski definition) is 1. The molecule has 0 aliphatic rings. The monoisotopic (exact) mass is 271 g/mol. The fourth-order valence-electron chi connectivity index (χ4n) is 1.24. The van der Waals surface area contributed by atoms with Crippen molar-refractivity contribution < 1.29 is 9.47 Å². The van der Waals surface area contributed by atoms with Gasteiger partial charge in [-0.3, -0.25) is 0 Å². The Balaban J connectivity index is 3.18. The maximum atomic E-state index is 5.40. The van der Waals surface area contributed by atoms with E-state index in [1.807, 2.05) is 24.3 Å². The Morgan fingerprint density at radius 2 is 2.07 bits per heavy atom. The van der Waals surface area contributed by atoms with Gasteiger partial charge in [-0.05, 0) is 28.1 Å². The molecule has 0 unspecified atom stereocenters. The van der Waals surface area contributed by atoms with Crippen molar-refractivity contribution in [2.45, 2.75) is 0 Å². The molecule has 0 saturated carbocycles. The number of methoxy groups -OCH3 is 2. The van der Waals surface area contributed by atoms with E-state index in [0.717, 1.165) is 21.5 Å². The highest BCUT2D eigenvalue weighted by molar-refractivity contribution is 9.10. The van der Waals surface area contributed by atoms with E-state index in [9.17, 15) is 0 Å². The molecular weight excluding hydrogens is 258 g/mol. The van der Waals surface area contributed by atoms with Gasteiger partial charge in [0.05, 0.1) is 14.2 Å². The predicted octanol–water partition coefficient (Wildman–Crippen LogP) is 2.44. The Kier molecular flexibility index (Phi) is 4.65. The molecule has 1 aromatic rings. The minimum Gasteiger partial charge on any atom is -0.495 e. The van der Waals surface area contributed by atoms with Crippen LogP contribution in [-0.4, -0.2) is 20.8 Å². The summed E-state index contributed by atoms with van der Waals surface area (Å²) in [6, 6.07) is 3.80. The van der Waals surface area contributed by atoms with E-state index in [1.54, 1.807) is 14.2 Å². The van der Waals surface area contributed by atoms with Gasteiger partial charge < -0.3 is 15.2 Å². The van der Waals surface area contributed by atoms with Crippen molar-refractivity contribution in [3.63, 3.8) is 0 Å². The number of ether oxygens (including phenoxy) is 2. The van der Waals surface area contributed by atoms with Gasteiger partial charge in [-0.25, -0.2) is 0 Å². The third-order valence-corrected chi connectivity index (χ3v) is 2.70. The number of nitrogens with two attached hydrogens (primary N) is 1. The fraction of sp³-hybridized carbons (Fsp3) is 0.273. The van der Waals surface area contributed by atoms with E-state index >= 15 is 0 Å². The molecule has 1 aromatic carbocycles. The van der Waals surface area contributed by atoms with Crippen LogP contribution in [0.2, 0.25) is 0 Å². The molecule has 0 radical (unpaired) electrons. The van der Waals surface area contributed by atoms with Crippen molar-refractivity contribution in [1.29, 1.82) is 0 Å². The minimum absolute atomic E-state index is 0.507. The number of halogens is 1. The Morgan fingerprint density at radius 1 is 1.33 bits per heavy atom. The van der Waals surface area contributed by atoms with Gasteiger partial charge >= 0.3 is 0 Å². The Morgan fingerprint density at radius 3 is 2.60 bits per heavy atom. The van der Waals surface area contributed by atoms with Crippen LogP contribution in [0.15, 0.2) is 22.7 Å². The number of benzene rings is 1. The van der Waals surface area contributed by atoms with E-state index in [1.165, 1.54) is 0 Å². The van der Waals surface area contributed by atoms with E-state index in [0.29, 0.717) is 6.54 Å². The van der Waals surface area contributed by atoms with E-state index in [2.05, 4.69) is 15.9 Å². The zero-order valence-electron chi connectivity index (χ0n) is 8.79. The molecule has 4 heteroatoms. The smallest absolute Gasteiger partial charge is 0.144 e. The molecule has 0 spiro atoms. The molecule has 0 atom stereocenters. The highest BCUT2D eigenvalue weighted by Crippen LogP contribution is 2.37. The molecule has 1 rings (SSSR count). The van der Waals surface area contributed by atoms with Crippen molar-refractivity contribution in [3.05, 3.63) is 28.2 Å². The first-order valence-electron chi connectivity index (χ1n) is 4.51. The van der Waals surface area contributed by atoms with Gasteiger partial charge in [0.1, 0.15) is 16.0 Å². The molecule has 0 amide bonds. The van der Waals surface area contributed by atoms with Crippen LogP contribution in [0.4, 0.5) is 0 Å². The standard InChI is InChI=1S/C11H14BrNO2/c1-14-9-6-5-8(4-3-7-13)11(15-2)10(9)12/h3-6H,7,13H2,1-2H3/b4-3+. The van der Waals surface area contributed by atoms with Crippen molar-refractivity contribution in [2.75, 3.05) is 20.8 Å². The molecule has 2 N–H and O–H groups in total. The van der Waals surface area contributed by atoms with E-state index < -0.39 is 0 Å². The average Bonchev–Trinajstić information content (AvgIpc) is 2.26. The number of hydrogen-bond acceptors (Lipinski definition) is 3.